The summed E-state index contributed by atoms with van der Waals surface area (Å²) in [6, 6.07) is 5.48. The Morgan fingerprint density at radius 1 is 1.19 bits per heavy atom. The van der Waals surface area contributed by atoms with Gasteiger partial charge in [0.1, 0.15) is 0 Å². The highest BCUT2D eigenvalue weighted by molar-refractivity contribution is 6.33. The number of benzene rings is 1. The van der Waals surface area contributed by atoms with Crippen molar-refractivity contribution in [1.29, 1.82) is 0 Å². The van der Waals surface area contributed by atoms with Crippen LogP contribution in [0.2, 0.25) is 10.0 Å². The van der Waals surface area contributed by atoms with Crippen LogP contribution in [-0.2, 0) is 6.42 Å². The van der Waals surface area contributed by atoms with Gasteiger partial charge in [-0.05, 0) is 48.4 Å². The number of aliphatic hydroxyl groups is 1. The van der Waals surface area contributed by atoms with Crippen molar-refractivity contribution in [2.45, 2.75) is 64.4 Å². The van der Waals surface area contributed by atoms with Crippen LogP contribution >= 0.6 is 23.2 Å². The predicted octanol–water partition coefficient (Wildman–Crippen LogP) is 5.89. The molecule has 1 aromatic rings. The maximum Gasteiger partial charge on any atom is 0.0609 e. The van der Waals surface area contributed by atoms with Gasteiger partial charge in [-0.15, -0.1) is 0 Å². The Labute approximate surface area is 138 Å². The van der Waals surface area contributed by atoms with Crippen molar-refractivity contribution < 1.29 is 5.11 Å². The number of halogens is 2. The molecule has 1 fully saturated rings. The minimum absolute atomic E-state index is 0.298. The summed E-state index contributed by atoms with van der Waals surface area (Å²) >= 11 is 12.2. The molecule has 1 N–H and O–H groups in total. The molecule has 3 heteroatoms. The third-order valence-corrected chi connectivity index (χ3v) is 5.44. The summed E-state index contributed by atoms with van der Waals surface area (Å²) in [6.07, 6.45) is 9.14. The van der Waals surface area contributed by atoms with E-state index in [4.69, 9.17) is 23.2 Å². The maximum atomic E-state index is 10.5. The lowest BCUT2D eigenvalue weighted by Crippen LogP contribution is -2.27. The second-order valence-corrected chi connectivity index (χ2v) is 7.27. The second kappa shape index (κ2) is 8.41. The van der Waals surface area contributed by atoms with Gasteiger partial charge >= 0.3 is 0 Å². The summed E-state index contributed by atoms with van der Waals surface area (Å²) in [5.74, 6) is 1.29. The number of rotatable bonds is 6. The molecular formula is C18H26Cl2O. The van der Waals surface area contributed by atoms with Gasteiger partial charge in [0.2, 0.25) is 0 Å². The molecule has 0 radical (unpaired) electrons. The smallest absolute Gasteiger partial charge is 0.0609 e. The van der Waals surface area contributed by atoms with E-state index in [1.165, 1.54) is 32.1 Å². The van der Waals surface area contributed by atoms with Gasteiger partial charge in [-0.1, -0.05) is 62.2 Å². The summed E-state index contributed by atoms with van der Waals surface area (Å²) in [7, 11) is 0. The van der Waals surface area contributed by atoms with E-state index in [2.05, 4.69) is 6.92 Å². The monoisotopic (exact) mass is 328 g/mol. The summed E-state index contributed by atoms with van der Waals surface area (Å²) in [6.45, 7) is 2.25. The summed E-state index contributed by atoms with van der Waals surface area (Å²) in [5, 5.41) is 11.9. The van der Waals surface area contributed by atoms with E-state index in [1.54, 1.807) is 6.07 Å². The highest BCUT2D eigenvalue weighted by atomic mass is 35.5. The topological polar surface area (TPSA) is 20.2 Å². The van der Waals surface area contributed by atoms with E-state index in [0.29, 0.717) is 22.4 Å². The first kappa shape index (κ1) is 17.1. The molecule has 1 aliphatic carbocycles. The van der Waals surface area contributed by atoms with Crippen molar-refractivity contribution in [3.8, 4) is 0 Å². The van der Waals surface area contributed by atoms with Crippen molar-refractivity contribution in [1.82, 2.24) is 0 Å². The molecule has 0 amide bonds. The molecule has 2 rings (SSSR count). The van der Waals surface area contributed by atoms with Crippen LogP contribution in [0.15, 0.2) is 18.2 Å². The first-order valence-corrected chi connectivity index (χ1v) is 8.97. The SMILES string of the molecule is CCCCC1CCC(C(O)Cc2cc(Cl)ccc2Cl)CC1. The molecular weight excluding hydrogens is 303 g/mol. The fourth-order valence-corrected chi connectivity index (χ4v) is 3.84. The van der Waals surface area contributed by atoms with Gasteiger partial charge in [-0.2, -0.15) is 0 Å². The molecule has 0 bridgehead atoms. The zero-order chi connectivity index (χ0) is 15.2. The van der Waals surface area contributed by atoms with Crippen LogP contribution in [0.3, 0.4) is 0 Å². The van der Waals surface area contributed by atoms with Crippen LogP contribution in [0, 0.1) is 11.8 Å². The van der Waals surface area contributed by atoms with Crippen LogP contribution < -0.4 is 0 Å². The lowest BCUT2D eigenvalue weighted by atomic mass is 9.76. The minimum atomic E-state index is -0.298. The second-order valence-electron chi connectivity index (χ2n) is 6.43. The zero-order valence-corrected chi connectivity index (χ0v) is 14.3. The van der Waals surface area contributed by atoms with E-state index >= 15 is 0 Å². The molecule has 0 heterocycles. The standard InChI is InChI=1S/C18H26Cl2O/c1-2-3-4-13-5-7-14(8-6-13)18(21)12-15-11-16(19)9-10-17(15)20/h9-11,13-14,18,21H,2-8,12H2,1H3. The lowest BCUT2D eigenvalue weighted by molar-refractivity contribution is 0.0726. The Balaban J connectivity index is 1.84. The molecule has 0 spiro atoms. The lowest BCUT2D eigenvalue weighted by Gasteiger charge is -2.31. The summed E-state index contributed by atoms with van der Waals surface area (Å²) in [5.41, 5.74) is 0.963. The van der Waals surface area contributed by atoms with Crippen LogP contribution in [0.25, 0.3) is 0 Å². The largest absolute Gasteiger partial charge is 0.392 e. The summed E-state index contributed by atoms with van der Waals surface area (Å²) < 4.78 is 0. The van der Waals surface area contributed by atoms with E-state index in [-0.39, 0.29) is 6.10 Å². The Kier molecular flexibility index (Phi) is 6.85. The molecule has 1 nitrogen and oxygen atoms in total. The van der Waals surface area contributed by atoms with Crippen LogP contribution in [0.4, 0.5) is 0 Å². The van der Waals surface area contributed by atoms with Gasteiger partial charge in [-0.3, -0.25) is 0 Å². The van der Waals surface area contributed by atoms with Crippen molar-refractivity contribution in [2.24, 2.45) is 11.8 Å². The Hall–Kier alpha value is -0.240. The first-order chi connectivity index (χ1) is 10.1. The number of hydrogen-bond acceptors (Lipinski definition) is 1. The fraction of sp³-hybridized carbons (Fsp3) is 0.667. The Bertz CT molecular complexity index is 439. The molecule has 0 aliphatic heterocycles. The molecule has 0 aromatic heterocycles. The molecule has 1 aromatic carbocycles. The molecule has 21 heavy (non-hydrogen) atoms. The highest BCUT2D eigenvalue weighted by Crippen LogP contribution is 2.35. The van der Waals surface area contributed by atoms with Crippen LogP contribution in [0.1, 0.15) is 57.4 Å². The fourth-order valence-electron chi connectivity index (χ4n) is 3.45. The molecule has 1 unspecified atom stereocenters. The normalized spacial score (nSPS) is 24.0. The summed E-state index contributed by atoms with van der Waals surface area (Å²) in [4.78, 5) is 0. The van der Waals surface area contributed by atoms with Crippen LogP contribution in [-0.4, -0.2) is 11.2 Å². The minimum Gasteiger partial charge on any atom is -0.392 e. The number of hydrogen-bond donors (Lipinski definition) is 1. The van der Waals surface area contributed by atoms with Crippen LogP contribution in [0.5, 0.6) is 0 Å². The highest BCUT2D eigenvalue weighted by Gasteiger charge is 2.26. The number of aliphatic hydroxyl groups excluding tert-OH is 1. The molecule has 0 saturated heterocycles. The first-order valence-electron chi connectivity index (χ1n) is 8.22. The van der Waals surface area contributed by atoms with Gasteiger partial charge in [0.05, 0.1) is 6.10 Å². The van der Waals surface area contributed by atoms with Crippen molar-refractivity contribution in [3.63, 3.8) is 0 Å². The molecule has 118 valence electrons. The van der Waals surface area contributed by atoms with Crippen molar-refractivity contribution in [3.05, 3.63) is 33.8 Å². The average Bonchev–Trinajstić information content (AvgIpc) is 2.49. The zero-order valence-electron chi connectivity index (χ0n) is 12.8. The molecule has 1 saturated carbocycles. The third kappa shape index (κ3) is 5.16. The van der Waals surface area contributed by atoms with E-state index in [1.807, 2.05) is 12.1 Å². The maximum absolute atomic E-state index is 10.5. The van der Waals surface area contributed by atoms with Gasteiger partial charge in [0, 0.05) is 16.5 Å². The number of unbranched alkanes of at least 4 members (excludes halogenated alkanes) is 1. The van der Waals surface area contributed by atoms with E-state index < -0.39 is 0 Å². The van der Waals surface area contributed by atoms with E-state index in [0.717, 1.165) is 24.3 Å². The molecule has 1 atom stereocenters. The molecule has 1 aliphatic rings. The third-order valence-electron chi connectivity index (χ3n) is 4.84. The van der Waals surface area contributed by atoms with Crippen molar-refractivity contribution >= 4 is 23.2 Å². The Morgan fingerprint density at radius 3 is 2.57 bits per heavy atom. The quantitative estimate of drug-likeness (QED) is 0.689. The van der Waals surface area contributed by atoms with Gasteiger partial charge in [0.25, 0.3) is 0 Å². The van der Waals surface area contributed by atoms with Crippen molar-refractivity contribution in [2.75, 3.05) is 0 Å². The Morgan fingerprint density at radius 2 is 1.90 bits per heavy atom. The van der Waals surface area contributed by atoms with Gasteiger partial charge in [-0.25, -0.2) is 0 Å². The van der Waals surface area contributed by atoms with Gasteiger partial charge < -0.3 is 5.11 Å². The van der Waals surface area contributed by atoms with Gasteiger partial charge in [0.15, 0.2) is 0 Å². The predicted molar refractivity (Wildman–Crippen MR) is 91.1 cm³/mol. The van der Waals surface area contributed by atoms with E-state index in [9.17, 15) is 5.11 Å². The average molecular weight is 329 g/mol.